The van der Waals surface area contributed by atoms with Gasteiger partial charge in [-0.2, -0.15) is 0 Å². The number of benzene rings is 20. The first kappa shape index (κ1) is 93.6. The minimum absolute atomic E-state index is 0.558. The maximum absolute atomic E-state index is 6.11. The largest absolute Gasteiger partial charge is 0.494 e. The van der Waals surface area contributed by atoms with Crippen molar-refractivity contribution in [1.82, 2.24) is 0 Å². The Balaban J connectivity index is 0.487. The van der Waals surface area contributed by atoms with Crippen molar-refractivity contribution in [1.29, 1.82) is 0 Å². The summed E-state index contributed by atoms with van der Waals surface area (Å²) in [6.07, 6.45) is 7.38. The Kier molecular flexibility index (Phi) is 29.9. The van der Waals surface area contributed by atoms with Gasteiger partial charge in [-0.1, -0.05) is 329 Å². The van der Waals surface area contributed by atoms with E-state index in [2.05, 4.69) is 506 Å². The van der Waals surface area contributed by atoms with Crippen LogP contribution in [0, 0.1) is 0 Å². The first-order valence-electron chi connectivity index (χ1n) is 49.2. The molecule has 0 amide bonds. The number of ether oxygens (including phenoxy) is 4. The van der Waals surface area contributed by atoms with Crippen LogP contribution in [0.1, 0.15) is 47.9 Å². The molecule has 0 bridgehead atoms. The quantitative estimate of drug-likeness (QED) is 0.0352. The molecule has 20 aromatic carbocycles. The van der Waals surface area contributed by atoms with E-state index in [0.29, 0.717) is 39.6 Å². The average Bonchev–Trinajstić information content (AvgIpc) is 0.727. The van der Waals surface area contributed by atoms with Gasteiger partial charge in [0, 0.05) is 101 Å². The maximum Gasteiger partial charge on any atom is 0.119 e. The molecule has 0 aromatic heterocycles. The van der Waals surface area contributed by atoms with Crippen LogP contribution in [0.15, 0.2) is 554 Å². The van der Waals surface area contributed by atoms with Gasteiger partial charge in [-0.25, -0.2) is 0 Å². The van der Waals surface area contributed by atoms with Gasteiger partial charge in [0.15, 0.2) is 0 Å². The lowest BCUT2D eigenvalue weighted by Crippen LogP contribution is -2.11. The second kappa shape index (κ2) is 45.7. The fraction of sp³-hybridized carbons (Fsp3) is 0.0746. The molecule has 20 aromatic rings. The van der Waals surface area contributed by atoms with Crippen LogP contribution in [0.5, 0.6) is 11.5 Å². The molecule has 0 saturated carbocycles. The van der Waals surface area contributed by atoms with Gasteiger partial charge in [0.1, 0.15) is 11.5 Å². The SMILES string of the molecule is C=Cc1ccc(OCCCCOCc2ccc(N(c3ccccc3)c3ccc(-c4ccc(-c5ccc(-c6ccc(N(c7ccccc7)c7ccc(S(c8ccccc8)(c8ccccc8)c8ccc(N(c9ccccc9)c9ccc(-c%10ccc(-c%11ccc(-c%12ccc(N(c%13ccccc%13)c%13ccc(COCCCCOc%14ccc(C=C)cc%14)cc%13)cc%12)cc%11)cc%10)cc9)cc8)cc7)cc6)cc5)cc4)cc3)cc2)cc1. The molecule has 698 valence electrons. The number of hydrogen-bond donors (Lipinski definition) is 0. The summed E-state index contributed by atoms with van der Waals surface area (Å²) in [6, 6.07) is 189. The van der Waals surface area contributed by atoms with Crippen molar-refractivity contribution in [3.63, 3.8) is 0 Å². The molecule has 20 rings (SSSR count). The normalized spacial score (nSPS) is 11.3. The topological polar surface area (TPSA) is 49.9 Å². The lowest BCUT2D eigenvalue weighted by atomic mass is 9.98. The molecule has 0 unspecified atom stereocenters. The van der Waals surface area contributed by atoms with Crippen LogP contribution in [0.2, 0.25) is 0 Å². The van der Waals surface area contributed by atoms with Gasteiger partial charge in [-0.3, -0.25) is 0 Å². The fourth-order valence-corrected chi connectivity index (χ4v) is 22.5. The van der Waals surface area contributed by atoms with E-state index in [4.69, 9.17) is 18.9 Å². The summed E-state index contributed by atoms with van der Waals surface area (Å²) in [5.41, 5.74) is 31.2. The third-order valence-corrected chi connectivity index (χ3v) is 30.2. The molecule has 0 atom stereocenters. The summed E-state index contributed by atoms with van der Waals surface area (Å²) in [5, 5.41) is 0. The van der Waals surface area contributed by atoms with Gasteiger partial charge < -0.3 is 38.5 Å². The number of para-hydroxylation sites is 4. The molecule has 0 aliphatic heterocycles. The summed E-state index contributed by atoms with van der Waals surface area (Å²) >= 11 is 0. The Morgan fingerprint density at radius 3 is 0.566 bits per heavy atom. The van der Waals surface area contributed by atoms with E-state index >= 15 is 0 Å². The average molecular weight is 1870 g/mol. The van der Waals surface area contributed by atoms with Gasteiger partial charge in [0.2, 0.25) is 0 Å². The van der Waals surface area contributed by atoms with Crippen molar-refractivity contribution in [3.8, 4) is 78.3 Å². The van der Waals surface area contributed by atoms with Gasteiger partial charge in [0.25, 0.3) is 0 Å². The van der Waals surface area contributed by atoms with E-state index in [9.17, 15) is 0 Å². The number of anilines is 12. The monoisotopic (exact) mass is 1870 g/mol. The second-order valence-electron chi connectivity index (χ2n) is 35.5. The highest BCUT2D eigenvalue weighted by Crippen LogP contribution is 2.74. The van der Waals surface area contributed by atoms with Crippen molar-refractivity contribution in [2.24, 2.45) is 0 Å². The molecule has 9 heteroatoms. The molecule has 0 radical (unpaired) electrons. The highest BCUT2D eigenvalue weighted by molar-refractivity contribution is 8.34. The summed E-state index contributed by atoms with van der Waals surface area (Å²) in [5.74, 6) is 1.75. The fourth-order valence-electron chi connectivity index (χ4n) is 18.6. The zero-order chi connectivity index (χ0) is 96.6. The smallest absolute Gasteiger partial charge is 0.119 e. The van der Waals surface area contributed by atoms with Crippen LogP contribution in [-0.2, 0) is 22.7 Å². The van der Waals surface area contributed by atoms with Crippen LogP contribution < -0.4 is 29.1 Å². The van der Waals surface area contributed by atoms with E-state index in [-0.39, 0.29) is 0 Å². The van der Waals surface area contributed by atoms with E-state index in [1.807, 2.05) is 60.7 Å². The molecule has 0 saturated heterocycles. The molecule has 0 spiro atoms. The van der Waals surface area contributed by atoms with Gasteiger partial charge >= 0.3 is 0 Å². The minimum atomic E-state index is -2.10. The number of rotatable bonds is 40. The van der Waals surface area contributed by atoms with Crippen LogP contribution >= 0.6 is 10.0 Å². The van der Waals surface area contributed by atoms with Crippen LogP contribution in [-0.4, -0.2) is 26.4 Å². The number of unbranched alkanes of at least 4 members (excludes halogenated alkanes) is 2. The van der Waals surface area contributed by atoms with Crippen molar-refractivity contribution >= 4 is 90.4 Å². The number of hydrogen-bond acceptors (Lipinski definition) is 8. The molecule has 0 N–H and O–H groups in total. The van der Waals surface area contributed by atoms with Crippen molar-refractivity contribution in [2.45, 2.75) is 58.5 Å². The van der Waals surface area contributed by atoms with Crippen LogP contribution in [0.25, 0.3) is 78.9 Å². The molecule has 143 heavy (non-hydrogen) atoms. The molecule has 8 nitrogen and oxygen atoms in total. The lowest BCUT2D eigenvalue weighted by Gasteiger charge is -2.42. The van der Waals surface area contributed by atoms with Crippen molar-refractivity contribution in [3.05, 3.63) is 557 Å². The third kappa shape index (κ3) is 22.3. The minimum Gasteiger partial charge on any atom is -0.494 e. The Hall–Kier alpha value is -17.1. The zero-order valence-corrected chi connectivity index (χ0v) is 80.9. The van der Waals surface area contributed by atoms with Crippen LogP contribution in [0.3, 0.4) is 0 Å². The van der Waals surface area contributed by atoms with Crippen molar-refractivity contribution < 1.29 is 18.9 Å². The Morgan fingerprint density at radius 1 is 0.175 bits per heavy atom. The molecule has 0 fully saturated rings. The predicted octanol–water partition coefficient (Wildman–Crippen LogP) is 36.9. The molecule has 0 aliphatic carbocycles. The second-order valence-corrected chi connectivity index (χ2v) is 38.6. The van der Waals surface area contributed by atoms with Crippen LogP contribution in [0.4, 0.5) is 68.2 Å². The Bertz CT molecular complexity index is 7000. The molecule has 0 aliphatic rings. The summed E-state index contributed by atoms with van der Waals surface area (Å²) < 4.78 is 24.1. The summed E-state index contributed by atoms with van der Waals surface area (Å²) in [6.45, 7) is 11.5. The van der Waals surface area contributed by atoms with E-state index in [1.165, 1.54) is 19.6 Å². The van der Waals surface area contributed by atoms with E-state index < -0.39 is 10.0 Å². The molecular weight excluding hydrogens is 1760 g/mol. The third-order valence-electron chi connectivity index (χ3n) is 26.3. The molecule has 0 heterocycles. The van der Waals surface area contributed by atoms with Crippen molar-refractivity contribution in [2.75, 3.05) is 46.0 Å². The lowest BCUT2D eigenvalue weighted by molar-refractivity contribution is 0.113. The van der Waals surface area contributed by atoms with Gasteiger partial charge in [-0.05, 0) is 333 Å². The maximum atomic E-state index is 6.11. The van der Waals surface area contributed by atoms with E-state index in [1.54, 1.807) is 0 Å². The summed E-state index contributed by atoms with van der Waals surface area (Å²) in [7, 11) is -2.10. The first-order chi connectivity index (χ1) is 70.8. The Morgan fingerprint density at radius 2 is 0.350 bits per heavy atom. The predicted molar refractivity (Wildman–Crippen MR) is 600 cm³/mol. The Labute approximate surface area is 843 Å². The van der Waals surface area contributed by atoms with E-state index in [0.717, 1.165) is 194 Å². The zero-order valence-electron chi connectivity index (χ0n) is 80.1. The highest BCUT2D eigenvalue weighted by atomic mass is 32.3. The van der Waals surface area contributed by atoms with Gasteiger partial charge in [-0.15, -0.1) is 10.0 Å². The summed E-state index contributed by atoms with van der Waals surface area (Å²) in [4.78, 5) is 14.3. The highest BCUT2D eigenvalue weighted by Gasteiger charge is 2.34. The number of nitrogens with zero attached hydrogens (tertiary/aromatic N) is 4. The molecular formula is C134H112N4O4S. The first-order valence-corrected chi connectivity index (χ1v) is 50.8. The van der Waals surface area contributed by atoms with Gasteiger partial charge in [0.05, 0.1) is 26.4 Å². The standard InChI is InChI=1S/C134H112N4O4S/c1-3-101-43-87-129(88-44-101)141-97-25-23-95-139-99-103-39-71-121(72-40-103)135(117-27-11-5-12-28-117)123-75-63-113(64-76-123)109-55-47-105(48-56-109)107-51-59-111(60-52-107)115-67-79-125(80-68-115)137(119-31-15-7-16-32-119)127-83-91-133(92-84-127)143(131-35-19-9-20-36-131,132-37-21-10-22-38-132)134-93-85-128(86-94-134)138(120-33-17-8-18-34-120)126-81-69-116(70-82-126)112-61-53-108(54-62-112)106-49-57-110(58-50-106)114-65-77-124(78-66-114)136(118-29-13-6-14-30-118)122-73-41-104(42-74-122)100-140-96-24-26-98-142-130-89-45-102(4-2)46-90-130/h3-22,27-94H,1-2,23-26,95-100H2.